The van der Waals surface area contributed by atoms with Crippen molar-refractivity contribution in [2.45, 2.75) is 38.3 Å². The lowest BCUT2D eigenvalue weighted by molar-refractivity contribution is 0.122. The Labute approximate surface area is 134 Å². The van der Waals surface area contributed by atoms with Gasteiger partial charge in [-0.3, -0.25) is 4.90 Å². The molecule has 1 aromatic heterocycles. The first-order valence-corrected chi connectivity index (χ1v) is 8.57. The summed E-state index contributed by atoms with van der Waals surface area (Å²) in [5, 5.41) is 1.36. The maximum Gasteiger partial charge on any atom is 0.0480 e. The van der Waals surface area contributed by atoms with Crippen LogP contribution in [-0.2, 0) is 13.6 Å². The minimum absolute atomic E-state index is 0.745. The van der Waals surface area contributed by atoms with E-state index in [1.807, 2.05) is 0 Å². The summed E-state index contributed by atoms with van der Waals surface area (Å²) < 4.78 is 2.37. The van der Waals surface area contributed by atoms with Gasteiger partial charge in [0.2, 0.25) is 0 Å². The van der Waals surface area contributed by atoms with Crippen LogP contribution >= 0.6 is 0 Å². The summed E-state index contributed by atoms with van der Waals surface area (Å²) in [6.45, 7) is 3.53. The molecule has 1 aliphatic rings. The third-order valence-electron chi connectivity index (χ3n) is 5.07. The van der Waals surface area contributed by atoms with E-state index in [4.69, 9.17) is 0 Å². The summed E-state index contributed by atoms with van der Waals surface area (Å²) in [6.07, 6.45) is 5.39. The largest absolute Gasteiger partial charge is 0.346 e. The zero-order valence-corrected chi connectivity index (χ0v) is 14.3. The minimum Gasteiger partial charge on any atom is -0.346 e. The van der Waals surface area contributed by atoms with Crippen molar-refractivity contribution in [2.24, 2.45) is 7.05 Å². The number of aryl methyl sites for hydroxylation is 1. The lowest BCUT2D eigenvalue weighted by Gasteiger charge is -2.36. The molecule has 1 saturated heterocycles. The lowest BCUT2D eigenvalue weighted by Crippen LogP contribution is -2.40. The molecule has 3 nitrogen and oxygen atoms in total. The normalized spacial score (nSPS) is 20.1. The van der Waals surface area contributed by atoms with Crippen LogP contribution in [0.1, 0.15) is 31.4 Å². The summed E-state index contributed by atoms with van der Waals surface area (Å²) >= 11 is 0. The number of fused-ring (bicyclic) bond motifs is 1. The van der Waals surface area contributed by atoms with Gasteiger partial charge in [-0.2, -0.15) is 0 Å². The van der Waals surface area contributed by atoms with E-state index in [1.54, 1.807) is 0 Å². The van der Waals surface area contributed by atoms with E-state index >= 15 is 0 Å². The van der Waals surface area contributed by atoms with Crippen LogP contribution in [0, 0.1) is 0 Å². The molecule has 2 aromatic rings. The highest BCUT2D eigenvalue weighted by atomic mass is 15.2. The Hall–Kier alpha value is -1.32. The number of para-hydroxylation sites is 1. The van der Waals surface area contributed by atoms with Crippen LogP contribution in [0.15, 0.2) is 30.3 Å². The number of likely N-dealkylation sites (tertiary alicyclic amines) is 1. The molecule has 0 bridgehead atoms. The molecule has 22 heavy (non-hydrogen) atoms. The Bertz CT molecular complexity index is 614. The number of benzene rings is 1. The van der Waals surface area contributed by atoms with Crippen LogP contribution in [0.5, 0.6) is 0 Å². The Morgan fingerprint density at radius 2 is 2.00 bits per heavy atom. The average Bonchev–Trinajstić information content (AvgIpc) is 2.83. The van der Waals surface area contributed by atoms with Gasteiger partial charge in [0.15, 0.2) is 0 Å². The Morgan fingerprint density at radius 3 is 2.77 bits per heavy atom. The standard InChI is InChI=1S/C19H29N3/c1-20(2)13-11-17-9-6-7-12-22(17)15-18-14-16-8-4-5-10-19(16)21(18)3/h4-5,8,10,14,17H,6-7,9,11-13,15H2,1-3H3. The van der Waals surface area contributed by atoms with Crippen molar-refractivity contribution in [3.05, 3.63) is 36.0 Å². The quantitative estimate of drug-likeness (QED) is 0.837. The Kier molecular flexibility index (Phi) is 4.84. The van der Waals surface area contributed by atoms with Crippen molar-refractivity contribution in [1.82, 2.24) is 14.4 Å². The van der Waals surface area contributed by atoms with Gasteiger partial charge in [0.25, 0.3) is 0 Å². The second kappa shape index (κ2) is 6.84. The first kappa shape index (κ1) is 15.6. The second-order valence-corrected chi connectivity index (χ2v) is 6.97. The van der Waals surface area contributed by atoms with Gasteiger partial charge in [-0.15, -0.1) is 0 Å². The fourth-order valence-corrected chi connectivity index (χ4v) is 3.71. The first-order chi connectivity index (χ1) is 10.6. The number of nitrogens with zero attached hydrogens (tertiary/aromatic N) is 3. The van der Waals surface area contributed by atoms with Crippen LogP contribution in [-0.4, -0.2) is 47.6 Å². The van der Waals surface area contributed by atoms with Crippen LogP contribution in [0.4, 0.5) is 0 Å². The van der Waals surface area contributed by atoms with E-state index in [9.17, 15) is 0 Å². The summed E-state index contributed by atoms with van der Waals surface area (Å²) in [6, 6.07) is 11.8. The van der Waals surface area contributed by atoms with E-state index in [1.165, 1.54) is 55.4 Å². The molecule has 1 fully saturated rings. The molecule has 0 saturated carbocycles. The van der Waals surface area contributed by atoms with Gasteiger partial charge in [-0.05, 0) is 64.0 Å². The molecule has 120 valence electrons. The molecule has 1 unspecified atom stereocenters. The van der Waals surface area contributed by atoms with Crippen molar-refractivity contribution < 1.29 is 0 Å². The fraction of sp³-hybridized carbons (Fsp3) is 0.579. The van der Waals surface area contributed by atoms with Crippen LogP contribution in [0.25, 0.3) is 10.9 Å². The third kappa shape index (κ3) is 3.36. The fourth-order valence-electron chi connectivity index (χ4n) is 3.71. The van der Waals surface area contributed by atoms with E-state index in [0.29, 0.717) is 0 Å². The third-order valence-corrected chi connectivity index (χ3v) is 5.07. The lowest BCUT2D eigenvalue weighted by atomic mass is 9.99. The molecular weight excluding hydrogens is 270 g/mol. The average molecular weight is 299 g/mol. The second-order valence-electron chi connectivity index (χ2n) is 6.97. The number of hydrogen-bond donors (Lipinski definition) is 0. The van der Waals surface area contributed by atoms with Gasteiger partial charge in [0.1, 0.15) is 0 Å². The van der Waals surface area contributed by atoms with Gasteiger partial charge in [0.05, 0.1) is 0 Å². The summed E-state index contributed by atoms with van der Waals surface area (Å²) in [5.41, 5.74) is 2.79. The SMILES string of the molecule is CN(C)CCC1CCCCN1Cc1cc2ccccc2n1C. The molecule has 0 N–H and O–H groups in total. The van der Waals surface area contributed by atoms with Gasteiger partial charge < -0.3 is 9.47 Å². The van der Waals surface area contributed by atoms with Crippen molar-refractivity contribution in [3.8, 4) is 0 Å². The molecule has 3 heteroatoms. The number of piperidine rings is 1. The van der Waals surface area contributed by atoms with Crippen molar-refractivity contribution in [3.63, 3.8) is 0 Å². The zero-order chi connectivity index (χ0) is 15.5. The van der Waals surface area contributed by atoms with E-state index in [0.717, 1.165) is 12.6 Å². The van der Waals surface area contributed by atoms with Crippen molar-refractivity contribution in [2.75, 3.05) is 27.2 Å². The zero-order valence-electron chi connectivity index (χ0n) is 14.3. The summed E-state index contributed by atoms with van der Waals surface area (Å²) in [4.78, 5) is 5.02. The number of hydrogen-bond acceptors (Lipinski definition) is 2. The van der Waals surface area contributed by atoms with Gasteiger partial charge in [-0.25, -0.2) is 0 Å². The maximum atomic E-state index is 2.71. The summed E-state index contributed by atoms with van der Waals surface area (Å²) in [7, 11) is 6.56. The number of aromatic nitrogens is 1. The summed E-state index contributed by atoms with van der Waals surface area (Å²) in [5.74, 6) is 0. The van der Waals surface area contributed by atoms with E-state index in [2.05, 4.69) is 65.8 Å². The molecule has 1 aromatic carbocycles. The van der Waals surface area contributed by atoms with Crippen molar-refractivity contribution in [1.29, 1.82) is 0 Å². The van der Waals surface area contributed by atoms with Gasteiger partial charge in [0, 0.05) is 30.8 Å². The molecule has 0 radical (unpaired) electrons. The predicted octanol–water partition coefficient (Wildman–Crippen LogP) is 3.48. The van der Waals surface area contributed by atoms with Gasteiger partial charge >= 0.3 is 0 Å². The van der Waals surface area contributed by atoms with Crippen LogP contribution < -0.4 is 0 Å². The highest BCUT2D eigenvalue weighted by Crippen LogP contribution is 2.25. The highest BCUT2D eigenvalue weighted by molar-refractivity contribution is 5.81. The minimum atomic E-state index is 0.745. The smallest absolute Gasteiger partial charge is 0.0480 e. The molecule has 0 spiro atoms. The van der Waals surface area contributed by atoms with E-state index < -0.39 is 0 Å². The molecule has 3 rings (SSSR count). The maximum absolute atomic E-state index is 2.71. The van der Waals surface area contributed by atoms with Crippen LogP contribution in [0.3, 0.4) is 0 Å². The van der Waals surface area contributed by atoms with Crippen molar-refractivity contribution >= 4 is 10.9 Å². The highest BCUT2D eigenvalue weighted by Gasteiger charge is 2.23. The molecule has 0 amide bonds. The molecule has 1 aliphatic heterocycles. The topological polar surface area (TPSA) is 11.4 Å². The Balaban J connectivity index is 1.75. The number of rotatable bonds is 5. The predicted molar refractivity (Wildman–Crippen MR) is 94.1 cm³/mol. The monoisotopic (exact) mass is 299 g/mol. The first-order valence-electron chi connectivity index (χ1n) is 8.57. The molecule has 0 aliphatic carbocycles. The molecule has 1 atom stereocenters. The van der Waals surface area contributed by atoms with E-state index in [-0.39, 0.29) is 0 Å². The molecule has 2 heterocycles. The van der Waals surface area contributed by atoms with Gasteiger partial charge in [-0.1, -0.05) is 24.6 Å². The van der Waals surface area contributed by atoms with Crippen LogP contribution in [0.2, 0.25) is 0 Å². The Morgan fingerprint density at radius 1 is 1.18 bits per heavy atom. The molecular formula is C19H29N3.